The molecule has 0 bridgehead atoms. The normalized spacial score (nSPS) is 22.7. The highest BCUT2D eigenvalue weighted by Crippen LogP contribution is 2.27. The Balaban J connectivity index is 1.63. The molecule has 2 N–H and O–H groups in total. The highest BCUT2D eigenvalue weighted by Gasteiger charge is 2.33. The number of nitrogens with one attached hydrogen (secondary N) is 2. The van der Waals surface area contributed by atoms with E-state index in [0.29, 0.717) is 0 Å². The van der Waals surface area contributed by atoms with Crippen LogP contribution in [0.1, 0.15) is 58.8 Å². The molecule has 1 saturated carbocycles. The van der Waals surface area contributed by atoms with Gasteiger partial charge < -0.3 is 15.4 Å². The summed E-state index contributed by atoms with van der Waals surface area (Å²) in [5.74, 6) is 1.94. The molecule has 2 fully saturated rings. The van der Waals surface area contributed by atoms with Crippen molar-refractivity contribution in [3.63, 3.8) is 0 Å². The van der Waals surface area contributed by atoms with Gasteiger partial charge in [-0.2, -0.15) is 0 Å². The van der Waals surface area contributed by atoms with Gasteiger partial charge in [0.05, 0.1) is 19.8 Å². The summed E-state index contributed by atoms with van der Waals surface area (Å²) in [6.07, 6.45) is 9.88. The van der Waals surface area contributed by atoms with Crippen molar-refractivity contribution >= 4 is 5.96 Å². The van der Waals surface area contributed by atoms with E-state index >= 15 is 0 Å². The Morgan fingerprint density at radius 3 is 2.57 bits per heavy atom. The fourth-order valence-corrected chi connectivity index (χ4v) is 3.23. The Hall–Kier alpha value is -0.770. The van der Waals surface area contributed by atoms with Gasteiger partial charge in [-0.05, 0) is 25.7 Å². The van der Waals surface area contributed by atoms with Crippen LogP contribution in [0, 0.1) is 11.3 Å². The van der Waals surface area contributed by atoms with Gasteiger partial charge in [-0.25, -0.2) is 0 Å². The van der Waals surface area contributed by atoms with Crippen molar-refractivity contribution in [1.82, 2.24) is 10.6 Å². The predicted molar refractivity (Wildman–Crippen MR) is 88.7 cm³/mol. The SMILES string of the molecule is CCNC(=NCC1(C)COC1)NCCCC1CCCCC1. The molecule has 0 atom stereocenters. The van der Waals surface area contributed by atoms with Crippen LogP contribution < -0.4 is 10.6 Å². The van der Waals surface area contributed by atoms with Crippen molar-refractivity contribution in [2.24, 2.45) is 16.3 Å². The average Bonchev–Trinajstić information content (AvgIpc) is 2.48. The molecule has 1 heterocycles. The number of nitrogens with zero attached hydrogens (tertiary/aromatic N) is 1. The molecular formula is C17H33N3O. The molecule has 4 heteroatoms. The number of hydrogen-bond donors (Lipinski definition) is 2. The fourth-order valence-electron chi connectivity index (χ4n) is 3.23. The minimum atomic E-state index is 0.254. The molecule has 0 unspecified atom stereocenters. The molecule has 0 aromatic heterocycles. The minimum Gasteiger partial charge on any atom is -0.380 e. The number of hydrogen-bond acceptors (Lipinski definition) is 2. The van der Waals surface area contributed by atoms with E-state index < -0.39 is 0 Å². The van der Waals surface area contributed by atoms with Crippen LogP contribution in [0.3, 0.4) is 0 Å². The van der Waals surface area contributed by atoms with E-state index in [9.17, 15) is 0 Å². The van der Waals surface area contributed by atoms with Gasteiger partial charge in [-0.15, -0.1) is 0 Å². The van der Waals surface area contributed by atoms with Gasteiger partial charge in [0.2, 0.25) is 0 Å². The molecule has 0 amide bonds. The molecular weight excluding hydrogens is 262 g/mol. The van der Waals surface area contributed by atoms with Crippen LogP contribution >= 0.6 is 0 Å². The second-order valence-corrected chi connectivity index (χ2v) is 7.07. The third kappa shape index (κ3) is 5.85. The van der Waals surface area contributed by atoms with Crippen LogP contribution in [-0.2, 0) is 4.74 Å². The van der Waals surface area contributed by atoms with Gasteiger partial charge in [0.25, 0.3) is 0 Å². The summed E-state index contributed by atoms with van der Waals surface area (Å²) in [6.45, 7) is 8.86. The second-order valence-electron chi connectivity index (χ2n) is 7.07. The van der Waals surface area contributed by atoms with Gasteiger partial charge in [-0.1, -0.05) is 39.0 Å². The average molecular weight is 295 g/mol. The van der Waals surface area contributed by atoms with Gasteiger partial charge in [-0.3, -0.25) is 4.99 Å². The maximum absolute atomic E-state index is 5.29. The van der Waals surface area contributed by atoms with E-state index in [-0.39, 0.29) is 5.41 Å². The lowest BCUT2D eigenvalue weighted by molar-refractivity contribution is -0.0945. The van der Waals surface area contributed by atoms with Crippen LogP contribution in [0.15, 0.2) is 4.99 Å². The van der Waals surface area contributed by atoms with Crippen molar-refractivity contribution in [3.8, 4) is 0 Å². The van der Waals surface area contributed by atoms with Crippen LogP contribution in [-0.4, -0.2) is 38.8 Å². The lowest BCUT2D eigenvalue weighted by Crippen LogP contribution is -2.44. The molecule has 1 saturated heterocycles. The molecule has 0 spiro atoms. The number of aliphatic imine (C=N–C) groups is 1. The highest BCUT2D eigenvalue weighted by atomic mass is 16.5. The molecule has 21 heavy (non-hydrogen) atoms. The number of rotatable bonds is 7. The summed E-state index contributed by atoms with van der Waals surface area (Å²) in [4.78, 5) is 4.71. The molecule has 122 valence electrons. The van der Waals surface area contributed by atoms with Crippen LogP contribution in [0.25, 0.3) is 0 Å². The van der Waals surface area contributed by atoms with Crippen molar-refractivity contribution in [2.45, 2.75) is 58.8 Å². The Kier molecular flexibility index (Phi) is 6.81. The van der Waals surface area contributed by atoms with E-state index in [1.165, 1.54) is 44.9 Å². The van der Waals surface area contributed by atoms with Gasteiger partial charge >= 0.3 is 0 Å². The van der Waals surface area contributed by atoms with Crippen LogP contribution in [0.4, 0.5) is 0 Å². The van der Waals surface area contributed by atoms with Crippen molar-refractivity contribution in [1.29, 1.82) is 0 Å². The first-order valence-corrected chi connectivity index (χ1v) is 8.82. The Labute approximate surface area is 130 Å². The first-order valence-electron chi connectivity index (χ1n) is 8.82. The molecule has 0 aromatic rings. The Morgan fingerprint density at radius 1 is 1.19 bits per heavy atom. The van der Waals surface area contributed by atoms with Crippen molar-refractivity contribution in [2.75, 3.05) is 32.8 Å². The van der Waals surface area contributed by atoms with Gasteiger partial charge in [0.1, 0.15) is 0 Å². The lowest BCUT2D eigenvalue weighted by Gasteiger charge is -2.36. The monoisotopic (exact) mass is 295 g/mol. The second kappa shape index (κ2) is 8.62. The Bertz CT molecular complexity index is 320. The lowest BCUT2D eigenvalue weighted by atomic mass is 9.86. The van der Waals surface area contributed by atoms with E-state index in [1.807, 2.05) is 0 Å². The largest absolute Gasteiger partial charge is 0.380 e. The predicted octanol–water partition coefficient (Wildman–Crippen LogP) is 2.94. The number of guanidine groups is 1. The molecule has 0 aromatic carbocycles. The fraction of sp³-hybridized carbons (Fsp3) is 0.941. The molecule has 0 radical (unpaired) electrons. The van der Waals surface area contributed by atoms with Crippen molar-refractivity contribution < 1.29 is 4.74 Å². The zero-order chi connectivity index (χ0) is 15.0. The summed E-state index contributed by atoms with van der Waals surface area (Å²) in [5.41, 5.74) is 0.254. The van der Waals surface area contributed by atoms with Crippen LogP contribution in [0.5, 0.6) is 0 Å². The zero-order valence-electron chi connectivity index (χ0n) is 13.9. The summed E-state index contributed by atoms with van der Waals surface area (Å²) in [6, 6.07) is 0. The zero-order valence-corrected chi connectivity index (χ0v) is 13.9. The first kappa shape index (κ1) is 16.6. The third-order valence-electron chi connectivity index (χ3n) is 4.67. The maximum atomic E-state index is 5.29. The molecule has 2 aliphatic rings. The summed E-state index contributed by atoms with van der Waals surface area (Å²) in [5, 5.41) is 6.82. The standard InChI is InChI=1S/C17H33N3O/c1-3-18-16(20-12-17(2)13-21-14-17)19-11-7-10-15-8-5-4-6-9-15/h15H,3-14H2,1-2H3,(H2,18,19,20). The first-order chi connectivity index (χ1) is 10.2. The number of ether oxygens (including phenoxy) is 1. The molecule has 2 rings (SSSR count). The van der Waals surface area contributed by atoms with E-state index in [1.54, 1.807) is 0 Å². The smallest absolute Gasteiger partial charge is 0.191 e. The van der Waals surface area contributed by atoms with E-state index in [0.717, 1.165) is 44.7 Å². The van der Waals surface area contributed by atoms with E-state index in [4.69, 9.17) is 9.73 Å². The van der Waals surface area contributed by atoms with E-state index in [2.05, 4.69) is 24.5 Å². The van der Waals surface area contributed by atoms with Gasteiger partial charge in [0, 0.05) is 18.5 Å². The Morgan fingerprint density at radius 2 is 1.95 bits per heavy atom. The summed E-state index contributed by atoms with van der Waals surface area (Å²) >= 11 is 0. The molecule has 1 aliphatic heterocycles. The van der Waals surface area contributed by atoms with Crippen LogP contribution in [0.2, 0.25) is 0 Å². The molecule has 1 aliphatic carbocycles. The maximum Gasteiger partial charge on any atom is 0.191 e. The highest BCUT2D eigenvalue weighted by molar-refractivity contribution is 5.79. The summed E-state index contributed by atoms with van der Waals surface area (Å²) < 4.78 is 5.29. The minimum absolute atomic E-state index is 0.254. The van der Waals surface area contributed by atoms with Crippen molar-refractivity contribution in [3.05, 3.63) is 0 Å². The topological polar surface area (TPSA) is 45.7 Å². The van der Waals surface area contributed by atoms with Gasteiger partial charge in [0.15, 0.2) is 5.96 Å². The summed E-state index contributed by atoms with van der Waals surface area (Å²) in [7, 11) is 0. The third-order valence-corrected chi connectivity index (χ3v) is 4.67. The molecule has 4 nitrogen and oxygen atoms in total. The quantitative estimate of drug-likeness (QED) is 0.431.